The lowest BCUT2D eigenvalue weighted by molar-refractivity contribution is -0.141. The molecule has 0 fully saturated rings. The fourth-order valence-electron chi connectivity index (χ4n) is 0.719. The summed E-state index contributed by atoms with van der Waals surface area (Å²) in [6.45, 7) is 0. The quantitative estimate of drug-likeness (QED) is 0.627. The Morgan fingerprint density at radius 3 is 2.17 bits per heavy atom. The summed E-state index contributed by atoms with van der Waals surface area (Å²) in [5.41, 5.74) is 9.09. The normalized spacial score (nSPS) is 11.6. The monoisotopic (exact) mass is 177 g/mol. The molecule has 0 atom stereocenters. The van der Waals surface area contributed by atoms with E-state index in [-0.39, 0.29) is 11.5 Å². The van der Waals surface area contributed by atoms with Gasteiger partial charge in [-0.3, -0.25) is 0 Å². The van der Waals surface area contributed by atoms with Crippen LogP contribution in [0.1, 0.15) is 5.69 Å². The van der Waals surface area contributed by atoms with E-state index in [1.165, 1.54) is 0 Å². The topological polar surface area (TPSA) is 64.9 Å². The first-order valence-corrected chi connectivity index (χ1v) is 3.00. The van der Waals surface area contributed by atoms with E-state index in [0.717, 1.165) is 12.1 Å². The van der Waals surface area contributed by atoms with Crippen molar-refractivity contribution in [2.45, 2.75) is 6.18 Å². The second-order valence-electron chi connectivity index (χ2n) is 2.21. The number of rotatable bonds is 0. The Morgan fingerprint density at radius 1 is 1.17 bits per heavy atom. The summed E-state index contributed by atoms with van der Waals surface area (Å²) in [5.74, 6) is -0.234. The molecule has 0 unspecified atom stereocenters. The highest BCUT2D eigenvalue weighted by Gasteiger charge is 2.32. The standard InChI is InChI=1S/C6H6F3N3/c7-6(8,9)4-1-3(10)2-5(11)12-4/h1-2H,(H4,10,11,12). The van der Waals surface area contributed by atoms with Gasteiger partial charge in [-0.15, -0.1) is 0 Å². The second-order valence-corrected chi connectivity index (χ2v) is 2.21. The third-order valence-corrected chi connectivity index (χ3v) is 1.16. The van der Waals surface area contributed by atoms with Gasteiger partial charge in [-0.2, -0.15) is 13.2 Å². The minimum absolute atomic E-state index is 0.0465. The first-order chi connectivity index (χ1) is 5.39. The zero-order valence-corrected chi connectivity index (χ0v) is 5.89. The van der Waals surface area contributed by atoms with Crippen LogP contribution in [0.15, 0.2) is 12.1 Å². The van der Waals surface area contributed by atoms with Gasteiger partial charge < -0.3 is 11.5 Å². The maximum absolute atomic E-state index is 12.0. The lowest BCUT2D eigenvalue weighted by Crippen LogP contribution is -2.10. The first-order valence-electron chi connectivity index (χ1n) is 3.00. The molecule has 0 aliphatic carbocycles. The number of nitrogen functional groups attached to an aromatic ring is 2. The summed E-state index contributed by atoms with van der Waals surface area (Å²) in [4.78, 5) is 3.08. The van der Waals surface area contributed by atoms with Crippen LogP contribution in [-0.4, -0.2) is 4.98 Å². The molecular formula is C6H6F3N3. The minimum Gasteiger partial charge on any atom is -0.399 e. The average molecular weight is 177 g/mol. The van der Waals surface area contributed by atoms with Crippen LogP contribution >= 0.6 is 0 Å². The van der Waals surface area contributed by atoms with Gasteiger partial charge in [0.05, 0.1) is 0 Å². The number of nitrogens with two attached hydrogens (primary N) is 2. The van der Waals surface area contributed by atoms with Crippen molar-refractivity contribution in [1.82, 2.24) is 4.98 Å². The minimum atomic E-state index is -4.50. The highest BCUT2D eigenvalue weighted by atomic mass is 19.4. The number of hydrogen-bond acceptors (Lipinski definition) is 3. The fourth-order valence-corrected chi connectivity index (χ4v) is 0.719. The molecule has 0 saturated carbocycles. The smallest absolute Gasteiger partial charge is 0.399 e. The summed E-state index contributed by atoms with van der Waals surface area (Å²) in [6.07, 6.45) is -4.50. The van der Waals surface area contributed by atoms with Gasteiger partial charge in [0.25, 0.3) is 0 Å². The molecule has 3 nitrogen and oxygen atoms in total. The third kappa shape index (κ3) is 1.77. The molecule has 0 aromatic carbocycles. The summed E-state index contributed by atoms with van der Waals surface area (Å²) in [7, 11) is 0. The van der Waals surface area contributed by atoms with Crippen LogP contribution < -0.4 is 11.5 Å². The second kappa shape index (κ2) is 2.54. The molecule has 0 saturated heterocycles. The lowest BCUT2D eigenvalue weighted by atomic mass is 10.3. The molecule has 1 aromatic rings. The molecule has 66 valence electrons. The van der Waals surface area contributed by atoms with Crippen LogP contribution in [0.25, 0.3) is 0 Å². The summed E-state index contributed by atoms with van der Waals surface area (Å²) in [5, 5.41) is 0. The van der Waals surface area contributed by atoms with Crippen LogP contribution in [0, 0.1) is 0 Å². The van der Waals surface area contributed by atoms with Crippen molar-refractivity contribution in [3.63, 3.8) is 0 Å². The summed E-state index contributed by atoms with van der Waals surface area (Å²) >= 11 is 0. The van der Waals surface area contributed by atoms with Gasteiger partial charge in [-0.1, -0.05) is 0 Å². The fraction of sp³-hybridized carbons (Fsp3) is 0.167. The van der Waals surface area contributed by atoms with Crippen LogP contribution in [0.2, 0.25) is 0 Å². The molecule has 1 aromatic heterocycles. The molecule has 1 heterocycles. The van der Waals surface area contributed by atoms with Crippen molar-refractivity contribution in [2.75, 3.05) is 11.5 Å². The van der Waals surface area contributed by atoms with Gasteiger partial charge in [0.15, 0.2) is 0 Å². The van der Waals surface area contributed by atoms with Crippen molar-refractivity contribution in [2.24, 2.45) is 0 Å². The molecule has 0 amide bonds. The van der Waals surface area contributed by atoms with E-state index < -0.39 is 11.9 Å². The summed E-state index contributed by atoms with van der Waals surface area (Å²) in [6, 6.07) is 1.89. The van der Waals surface area contributed by atoms with Gasteiger partial charge in [-0.05, 0) is 6.07 Å². The number of halogens is 3. The Balaban J connectivity index is 3.18. The van der Waals surface area contributed by atoms with E-state index in [1.54, 1.807) is 0 Å². The predicted octanol–water partition coefficient (Wildman–Crippen LogP) is 1.26. The predicted molar refractivity (Wildman–Crippen MR) is 38.1 cm³/mol. The van der Waals surface area contributed by atoms with Gasteiger partial charge in [-0.25, -0.2) is 4.98 Å². The highest BCUT2D eigenvalue weighted by Crippen LogP contribution is 2.29. The Morgan fingerprint density at radius 2 is 1.75 bits per heavy atom. The van der Waals surface area contributed by atoms with E-state index >= 15 is 0 Å². The Bertz CT molecular complexity index is 274. The van der Waals surface area contributed by atoms with E-state index in [0.29, 0.717) is 0 Å². The molecule has 4 N–H and O–H groups in total. The van der Waals surface area contributed by atoms with Crippen LogP contribution in [0.4, 0.5) is 24.7 Å². The van der Waals surface area contributed by atoms with E-state index in [9.17, 15) is 13.2 Å². The first kappa shape index (κ1) is 8.63. The molecule has 0 aliphatic rings. The number of nitrogens with zero attached hydrogens (tertiary/aromatic N) is 1. The van der Waals surface area contributed by atoms with Gasteiger partial charge in [0.1, 0.15) is 11.5 Å². The Labute approximate surface area is 66.2 Å². The molecular weight excluding hydrogens is 171 g/mol. The Kier molecular flexibility index (Phi) is 1.83. The average Bonchev–Trinajstić information content (AvgIpc) is 1.82. The third-order valence-electron chi connectivity index (χ3n) is 1.16. The molecule has 0 bridgehead atoms. The Hall–Kier alpha value is -1.46. The number of pyridine rings is 1. The molecule has 0 spiro atoms. The van der Waals surface area contributed by atoms with Crippen molar-refractivity contribution in [1.29, 1.82) is 0 Å². The number of anilines is 2. The maximum Gasteiger partial charge on any atom is 0.433 e. The van der Waals surface area contributed by atoms with Gasteiger partial charge in [0, 0.05) is 11.8 Å². The van der Waals surface area contributed by atoms with Crippen LogP contribution in [0.3, 0.4) is 0 Å². The number of aromatic nitrogens is 1. The molecule has 6 heteroatoms. The maximum atomic E-state index is 12.0. The number of hydrogen-bond donors (Lipinski definition) is 2. The van der Waals surface area contributed by atoms with Crippen LogP contribution in [-0.2, 0) is 6.18 Å². The largest absolute Gasteiger partial charge is 0.433 e. The van der Waals surface area contributed by atoms with Crippen molar-refractivity contribution in [3.05, 3.63) is 17.8 Å². The molecule has 0 radical (unpaired) electrons. The number of alkyl halides is 3. The van der Waals surface area contributed by atoms with Crippen LogP contribution in [0.5, 0.6) is 0 Å². The zero-order valence-electron chi connectivity index (χ0n) is 5.89. The van der Waals surface area contributed by atoms with Crippen molar-refractivity contribution >= 4 is 11.5 Å². The van der Waals surface area contributed by atoms with Gasteiger partial charge >= 0.3 is 6.18 Å². The molecule has 12 heavy (non-hydrogen) atoms. The van der Waals surface area contributed by atoms with E-state index in [1.807, 2.05) is 0 Å². The highest BCUT2D eigenvalue weighted by molar-refractivity contribution is 5.48. The lowest BCUT2D eigenvalue weighted by Gasteiger charge is -2.06. The van der Waals surface area contributed by atoms with Gasteiger partial charge in [0.2, 0.25) is 0 Å². The van der Waals surface area contributed by atoms with E-state index in [4.69, 9.17) is 11.5 Å². The SMILES string of the molecule is Nc1cc(N)nc(C(F)(F)F)c1. The molecule has 0 aliphatic heterocycles. The van der Waals surface area contributed by atoms with E-state index in [2.05, 4.69) is 4.98 Å². The molecule has 1 rings (SSSR count). The summed E-state index contributed by atoms with van der Waals surface area (Å²) < 4.78 is 35.9. The zero-order chi connectivity index (χ0) is 9.35. The van der Waals surface area contributed by atoms with Crippen molar-refractivity contribution in [3.8, 4) is 0 Å². The van der Waals surface area contributed by atoms with Crippen molar-refractivity contribution < 1.29 is 13.2 Å².